The van der Waals surface area contributed by atoms with E-state index in [9.17, 15) is 4.79 Å². The van der Waals surface area contributed by atoms with Gasteiger partial charge in [-0.2, -0.15) is 14.7 Å². The van der Waals surface area contributed by atoms with Crippen LogP contribution in [0.2, 0.25) is 51.4 Å². The normalized spacial score (nSPS) is 17.4. The quantitative estimate of drug-likeness (QED) is 0.0235. The molecule has 1 aromatic carbocycles. The van der Waals surface area contributed by atoms with Gasteiger partial charge in [0.05, 0.1) is 55.8 Å². The Hall–Kier alpha value is -3.87. The summed E-state index contributed by atoms with van der Waals surface area (Å²) in [5.74, 6) is 0.823. The second kappa shape index (κ2) is 20.4. The number of benzene rings is 1. The van der Waals surface area contributed by atoms with Crippen LogP contribution in [0.3, 0.4) is 0 Å². The molecular formula is C43H66N6O7Si2. The zero-order valence-corrected chi connectivity index (χ0v) is 38.3. The Labute approximate surface area is 347 Å². The number of anilines is 1. The number of hydrogen-bond acceptors (Lipinski definition) is 11. The molecule has 0 radical (unpaired) electrons. The maximum Gasteiger partial charge on any atom is 0.338 e. The summed E-state index contributed by atoms with van der Waals surface area (Å²) in [6.07, 6.45) is 7.86. The lowest BCUT2D eigenvalue weighted by atomic mass is 9.76. The summed E-state index contributed by atoms with van der Waals surface area (Å²) in [6, 6.07) is 12.1. The van der Waals surface area contributed by atoms with Crippen molar-refractivity contribution in [1.29, 1.82) is 0 Å². The van der Waals surface area contributed by atoms with Crippen LogP contribution < -0.4 is 4.90 Å². The van der Waals surface area contributed by atoms with E-state index in [2.05, 4.69) is 50.8 Å². The summed E-state index contributed by atoms with van der Waals surface area (Å²) in [5, 5.41) is 9.73. The maximum atomic E-state index is 13.5. The van der Waals surface area contributed by atoms with E-state index < -0.39 is 21.7 Å². The van der Waals surface area contributed by atoms with Crippen LogP contribution in [0.1, 0.15) is 56.7 Å². The number of rotatable bonds is 23. The highest BCUT2D eigenvalue weighted by Crippen LogP contribution is 2.45. The molecule has 0 bridgehead atoms. The molecule has 0 spiro atoms. The summed E-state index contributed by atoms with van der Waals surface area (Å²) < 4.78 is 40.1. The fourth-order valence-electron chi connectivity index (χ4n) is 7.10. The minimum absolute atomic E-state index is 0.0678. The molecule has 1 fully saturated rings. The van der Waals surface area contributed by atoms with Crippen LogP contribution in [-0.2, 0) is 33.2 Å². The molecule has 3 heterocycles. The van der Waals surface area contributed by atoms with E-state index in [0.29, 0.717) is 70.1 Å². The average molecular weight is 835 g/mol. The lowest BCUT2D eigenvalue weighted by Gasteiger charge is -2.38. The van der Waals surface area contributed by atoms with E-state index >= 15 is 0 Å². The largest absolute Gasteiger partial charge is 0.494 e. The predicted molar refractivity (Wildman–Crippen MR) is 235 cm³/mol. The van der Waals surface area contributed by atoms with Crippen LogP contribution in [0.15, 0.2) is 55.5 Å². The number of aromatic nitrogens is 5. The molecular weight excluding hydrogens is 769 g/mol. The summed E-state index contributed by atoms with van der Waals surface area (Å²) in [4.78, 5) is 21.1. The number of fused-ring (bicyclic) bond motifs is 1. The minimum Gasteiger partial charge on any atom is -0.494 e. The standard InChI is InChI=1S/C43H66N6O7Si2/c1-11-54-33(3)38-39(34-18-20-43(21-19-34,42(50)55-12-2)56-23-22-51-4)46-40-37(35-28-44-48(30-35)36-16-14-13-15-17-36)29-45-49(40)41(38)47(31-52-24-26-57(5,6)7)32-53-25-27-58(8,9)10/h13-17,28-30,34H,3,11-12,18-27,31-32H2,1-2,4-10H3. The Kier molecular flexibility index (Phi) is 15.9. The first-order valence-corrected chi connectivity index (χ1v) is 28.2. The van der Waals surface area contributed by atoms with Crippen LogP contribution in [0, 0.1) is 0 Å². The van der Waals surface area contributed by atoms with Crippen molar-refractivity contribution in [2.24, 2.45) is 0 Å². The molecule has 58 heavy (non-hydrogen) atoms. The van der Waals surface area contributed by atoms with E-state index in [0.717, 1.165) is 46.0 Å². The van der Waals surface area contributed by atoms with Crippen molar-refractivity contribution >= 4 is 39.3 Å². The van der Waals surface area contributed by atoms with E-state index in [1.54, 1.807) is 7.11 Å². The zero-order valence-electron chi connectivity index (χ0n) is 36.3. The third-order valence-electron chi connectivity index (χ3n) is 10.4. The minimum atomic E-state index is -1.36. The van der Waals surface area contributed by atoms with Gasteiger partial charge in [-0.05, 0) is 63.8 Å². The number of para-hydroxylation sites is 1. The Morgan fingerprint density at radius 3 is 2.10 bits per heavy atom. The zero-order chi connectivity index (χ0) is 41.9. The Morgan fingerprint density at radius 2 is 1.52 bits per heavy atom. The van der Waals surface area contributed by atoms with Crippen molar-refractivity contribution in [2.75, 3.05) is 65.1 Å². The molecule has 0 N–H and O–H groups in total. The van der Waals surface area contributed by atoms with Crippen molar-refractivity contribution < 1.29 is 33.2 Å². The molecule has 0 unspecified atom stereocenters. The molecule has 3 aromatic heterocycles. The fraction of sp³-hybridized carbons (Fsp3) is 0.581. The lowest BCUT2D eigenvalue weighted by Crippen LogP contribution is -2.46. The van der Waals surface area contributed by atoms with E-state index in [-0.39, 0.29) is 32.0 Å². The van der Waals surface area contributed by atoms with Gasteiger partial charge in [0.15, 0.2) is 11.2 Å². The lowest BCUT2D eigenvalue weighted by molar-refractivity contribution is -0.179. The van der Waals surface area contributed by atoms with Gasteiger partial charge >= 0.3 is 5.97 Å². The van der Waals surface area contributed by atoms with Gasteiger partial charge in [0, 0.05) is 59.7 Å². The van der Waals surface area contributed by atoms with E-state index in [1.165, 1.54) is 0 Å². The van der Waals surface area contributed by atoms with E-state index in [4.69, 9.17) is 43.6 Å². The highest BCUT2D eigenvalue weighted by Gasteiger charge is 2.46. The molecule has 1 saturated carbocycles. The Balaban J connectivity index is 1.66. The van der Waals surface area contributed by atoms with Gasteiger partial charge in [0.25, 0.3) is 0 Å². The summed E-state index contributed by atoms with van der Waals surface area (Å²) in [6.45, 7) is 25.5. The van der Waals surface area contributed by atoms with Gasteiger partial charge in [0.1, 0.15) is 25.0 Å². The molecule has 4 aromatic rings. The number of carbonyl (C=O) groups excluding carboxylic acids is 1. The van der Waals surface area contributed by atoms with E-state index in [1.807, 2.05) is 72.0 Å². The fourth-order valence-corrected chi connectivity index (χ4v) is 8.61. The molecule has 0 amide bonds. The molecule has 318 valence electrons. The van der Waals surface area contributed by atoms with Crippen LogP contribution in [-0.4, -0.2) is 112 Å². The van der Waals surface area contributed by atoms with Crippen molar-refractivity contribution in [3.63, 3.8) is 0 Å². The first kappa shape index (κ1) is 45.2. The van der Waals surface area contributed by atoms with Gasteiger partial charge in [-0.15, -0.1) is 0 Å². The smallest absolute Gasteiger partial charge is 0.338 e. The third-order valence-corrected chi connectivity index (χ3v) is 13.9. The SMILES string of the molecule is C=C(OCC)c1c(C2CCC(OCCOC)(C(=O)OCC)CC2)nc2c(-c3cnn(-c4ccccc4)c3)cnn2c1N(COCC[Si](C)(C)C)COCC[Si](C)(C)C. The van der Waals surface area contributed by atoms with Crippen LogP contribution >= 0.6 is 0 Å². The third kappa shape index (κ3) is 11.7. The van der Waals surface area contributed by atoms with Gasteiger partial charge < -0.3 is 33.3 Å². The molecule has 5 rings (SSSR count). The predicted octanol–water partition coefficient (Wildman–Crippen LogP) is 8.64. The van der Waals surface area contributed by atoms with Crippen molar-refractivity contribution in [3.05, 3.63) is 66.8 Å². The first-order chi connectivity index (χ1) is 27.7. The van der Waals surface area contributed by atoms with Gasteiger partial charge in [-0.25, -0.2) is 14.5 Å². The number of carbonyl (C=O) groups is 1. The Morgan fingerprint density at radius 1 is 0.879 bits per heavy atom. The second-order valence-electron chi connectivity index (χ2n) is 17.4. The van der Waals surface area contributed by atoms with Crippen molar-refractivity contribution in [2.45, 2.75) is 102 Å². The maximum absolute atomic E-state index is 13.5. The average Bonchev–Trinajstić information content (AvgIpc) is 3.85. The highest BCUT2D eigenvalue weighted by atomic mass is 28.3. The molecule has 1 aliphatic rings. The molecule has 13 nitrogen and oxygen atoms in total. The number of esters is 1. The molecule has 15 heteroatoms. The summed E-state index contributed by atoms with van der Waals surface area (Å²) >= 11 is 0. The van der Waals surface area contributed by atoms with Gasteiger partial charge in [-0.3, -0.25) is 0 Å². The summed E-state index contributed by atoms with van der Waals surface area (Å²) in [5.41, 5.74) is 3.83. The summed E-state index contributed by atoms with van der Waals surface area (Å²) in [7, 11) is -1.09. The monoisotopic (exact) mass is 834 g/mol. The number of ether oxygens (including phenoxy) is 6. The first-order valence-electron chi connectivity index (χ1n) is 20.7. The second-order valence-corrected chi connectivity index (χ2v) is 28.7. The van der Waals surface area contributed by atoms with Crippen LogP contribution in [0.5, 0.6) is 0 Å². The number of nitrogens with zero attached hydrogens (tertiary/aromatic N) is 6. The highest BCUT2D eigenvalue weighted by molar-refractivity contribution is 6.76. The van der Waals surface area contributed by atoms with Crippen molar-refractivity contribution in [3.8, 4) is 16.8 Å². The van der Waals surface area contributed by atoms with Crippen LogP contribution in [0.25, 0.3) is 28.2 Å². The number of methoxy groups -OCH3 is 1. The van der Waals surface area contributed by atoms with Gasteiger partial charge in [-0.1, -0.05) is 64.1 Å². The molecule has 0 atom stereocenters. The Bertz CT molecular complexity index is 1910. The molecule has 0 aliphatic heterocycles. The van der Waals surface area contributed by atoms with Crippen molar-refractivity contribution in [1.82, 2.24) is 24.4 Å². The number of hydrogen-bond donors (Lipinski definition) is 0. The molecule has 1 aliphatic carbocycles. The van der Waals surface area contributed by atoms with Crippen LogP contribution in [0.4, 0.5) is 5.82 Å². The van der Waals surface area contributed by atoms with Gasteiger partial charge in [0.2, 0.25) is 0 Å². The molecule has 0 saturated heterocycles. The topological polar surface area (TPSA) is 124 Å².